The van der Waals surface area contributed by atoms with Crippen molar-refractivity contribution in [3.05, 3.63) is 55.4 Å². The zero-order valence-corrected chi connectivity index (χ0v) is 15.3. The van der Waals surface area contributed by atoms with Crippen molar-refractivity contribution in [1.82, 2.24) is 0 Å². The first-order valence-electron chi connectivity index (χ1n) is 6.67. The molecule has 1 atom stereocenters. The van der Waals surface area contributed by atoms with Crippen molar-refractivity contribution in [2.75, 3.05) is 11.9 Å². The Morgan fingerprint density at radius 2 is 2.10 bits per heavy atom. The van der Waals surface area contributed by atoms with Crippen molar-refractivity contribution in [3.63, 3.8) is 0 Å². The number of rotatable bonds is 3. The quantitative estimate of drug-likeness (QED) is 0.684. The lowest BCUT2D eigenvalue weighted by molar-refractivity contribution is 0.246. The summed E-state index contributed by atoms with van der Waals surface area (Å²) in [5.74, 6) is 0.978. The maximum Gasteiger partial charge on any atom is 0.123 e. The first kappa shape index (κ1) is 15.2. The summed E-state index contributed by atoms with van der Waals surface area (Å²) in [7, 11) is 0. The van der Waals surface area contributed by atoms with Crippen LogP contribution in [0.2, 0.25) is 5.02 Å². The highest BCUT2D eigenvalue weighted by Crippen LogP contribution is 2.32. The van der Waals surface area contributed by atoms with E-state index in [0.29, 0.717) is 0 Å². The second-order valence-corrected chi connectivity index (χ2v) is 7.34. The highest BCUT2D eigenvalue weighted by Gasteiger charge is 2.22. The molecular weight excluding hydrogens is 417 g/mol. The van der Waals surface area contributed by atoms with Gasteiger partial charge in [0.15, 0.2) is 0 Å². The van der Waals surface area contributed by atoms with Gasteiger partial charge in [0.05, 0.1) is 12.2 Å². The molecule has 21 heavy (non-hydrogen) atoms. The molecule has 0 amide bonds. The maximum atomic E-state index is 6.17. The summed E-state index contributed by atoms with van der Waals surface area (Å²) in [5, 5.41) is 4.17. The van der Waals surface area contributed by atoms with Gasteiger partial charge < -0.3 is 10.1 Å². The minimum atomic E-state index is 0.140. The number of anilines is 1. The predicted molar refractivity (Wildman–Crippen MR) is 94.6 cm³/mol. The molecule has 1 N–H and O–H groups in total. The molecule has 0 spiro atoms. The molecule has 0 bridgehead atoms. The lowest BCUT2D eigenvalue weighted by Gasteiger charge is -2.15. The van der Waals surface area contributed by atoms with E-state index in [2.05, 4.69) is 43.2 Å². The van der Waals surface area contributed by atoms with Gasteiger partial charge in [0, 0.05) is 20.4 Å². The van der Waals surface area contributed by atoms with Crippen LogP contribution in [0.3, 0.4) is 0 Å². The van der Waals surface area contributed by atoms with Crippen LogP contribution in [0.5, 0.6) is 5.75 Å². The van der Waals surface area contributed by atoms with Crippen LogP contribution in [-0.4, -0.2) is 12.6 Å². The van der Waals surface area contributed by atoms with Gasteiger partial charge in [0.1, 0.15) is 11.9 Å². The Kier molecular flexibility index (Phi) is 4.48. The van der Waals surface area contributed by atoms with E-state index in [0.717, 1.165) is 43.9 Å². The molecule has 5 heteroatoms. The van der Waals surface area contributed by atoms with E-state index < -0.39 is 0 Å². The van der Waals surface area contributed by atoms with Gasteiger partial charge in [-0.1, -0.05) is 27.5 Å². The second-order valence-electron chi connectivity index (χ2n) is 5.16. The summed E-state index contributed by atoms with van der Waals surface area (Å²) in [6.07, 6.45) is 1.06. The van der Waals surface area contributed by atoms with Crippen LogP contribution in [0.25, 0.3) is 0 Å². The normalized spacial score (nSPS) is 16.5. The van der Waals surface area contributed by atoms with Crippen LogP contribution in [0.1, 0.15) is 11.1 Å². The predicted octanol–water partition coefficient (Wildman–Crippen LogP) is 5.59. The minimum absolute atomic E-state index is 0.140. The van der Waals surface area contributed by atoms with Crippen molar-refractivity contribution >= 4 is 49.1 Å². The lowest BCUT2D eigenvalue weighted by Crippen LogP contribution is -2.24. The molecule has 0 aliphatic carbocycles. The summed E-state index contributed by atoms with van der Waals surface area (Å²) in [4.78, 5) is 0. The Morgan fingerprint density at radius 1 is 1.29 bits per heavy atom. The molecule has 1 unspecified atom stereocenters. The molecule has 1 aliphatic rings. The number of aryl methyl sites for hydroxylation is 1. The Hall–Kier alpha value is -0.710. The first-order chi connectivity index (χ1) is 10.0. The van der Waals surface area contributed by atoms with E-state index in [4.69, 9.17) is 16.3 Å². The zero-order valence-electron chi connectivity index (χ0n) is 11.4. The van der Waals surface area contributed by atoms with E-state index in [1.807, 2.05) is 31.2 Å². The summed E-state index contributed by atoms with van der Waals surface area (Å²) < 4.78 is 8.05. The molecule has 0 saturated carbocycles. The SMILES string of the molecule is Cc1cc(Br)c(NCC2Cc3cc(Br)ccc3O2)cc1Cl. The third kappa shape index (κ3) is 3.38. The van der Waals surface area contributed by atoms with Crippen molar-refractivity contribution in [2.24, 2.45) is 0 Å². The Labute approximate surface area is 146 Å². The van der Waals surface area contributed by atoms with Crippen LogP contribution in [-0.2, 0) is 6.42 Å². The maximum absolute atomic E-state index is 6.17. The van der Waals surface area contributed by atoms with Gasteiger partial charge in [-0.3, -0.25) is 0 Å². The molecule has 2 nitrogen and oxygen atoms in total. The van der Waals surface area contributed by atoms with Crippen molar-refractivity contribution in [2.45, 2.75) is 19.4 Å². The average molecular weight is 432 g/mol. The van der Waals surface area contributed by atoms with Crippen LogP contribution >= 0.6 is 43.5 Å². The van der Waals surface area contributed by atoms with Crippen LogP contribution in [0, 0.1) is 6.92 Å². The van der Waals surface area contributed by atoms with Crippen LogP contribution in [0.15, 0.2) is 39.3 Å². The molecular formula is C16H14Br2ClNO. The van der Waals surface area contributed by atoms with E-state index in [1.54, 1.807) is 0 Å². The number of halogens is 3. The third-order valence-electron chi connectivity index (χ3n) is 3.53. The Balaban J connectivity index is 1.66. The second kappa shape index (κ2) is 6.19. The topological polar surface area (TPSA) is 21.3 Å². The molecule has 0 fully saturated rings. The number of hydrogen-bond acceptors (Lipinski definition) is 2. The summed E-state index contributed by atoms with van der Waals surface area (Å²) in [5.41, 5.74) is 3.30. The molecule has 0 radical (unpaired) electrons. The number of hydrogen-bond donors (Lipinski definition) is 1. The Morgan fingerprint density at radius 3 is 2.90 bits per heavy atom. The molecule has 3 rings (SSSR count). The van der Waals surface area contributed by atoms with Gasteiger partial charge in [-0.25, -0.2) is 0 Å². The van der Waals surface area contributed by atoms with Crippen LogP contribution < -0.4 is 10.1 Å². The van der Waals surface area contributed by atoms with Gasteiger partial charge in [-0.2, -0.15) is 0 Å². The molecule has 2 aromatic carbocycles. The number of ether oxygens (including phenoxy) is 1. The highest BCUT2D eigenvalue weighted by molar-refractivity contribution is 9.10. The van der Waals surface area contributed by atoms with E-state index >= 15 is 0 Å². The van der Waals surface area contributed by atoms with E-state index in [-0.39, 0.29) is 6.10 Å². The number of fused-ring (bicyclic) bond motifs is 1. The van der Waals surface area contributed by atoms with Gasteiger partial charge in [0.25, 0.3) is 0 Å². The fourth-order valence-corrected chi connectivity index (χ4v) is 3.58. The molecule has 2 aromatic rings. The fraction of sp³-hybridized carbons (Fsp3) is 0.250. The van der Waals surface area contributed by atoms with Gasteiger partial charge in [0.2, 0.25) is 0 Å². The van der Waals surface area contributed by atoms with Crippen molar-refractivity contribution in [1.29, 1.82) is 0 Å². The summed E-state index contributed by atoms with van der Waals surface area (Å²) in [6, 6.07) is 10.1. The first-order valence-corrected chi connectivity index (χ1v) is 8.64. The largest absolute Gasteiger partial charge is 0.488 e. The van der Waals surface area contributed by atoms with Gasteiger partial charge >= 0.3 is 0 Å². The average Bonchev–Trinajstić information content (AvgIpc) is 2.83. The van der Waals surface area contributed by atoms with Gasteiger partial charge in [-0.15, -0.1) is 0 Å². The van der Waals surface area contributed by atoms with Crippen molar-refractivity contribution in [3.8, 4) is 5.75 Å². The minimum Gasteiger partial charge on any atom is -0.488 e. The van der Waals surface area contributed by atoms with Gasteiger partial charge in [-0.05, 0) is 64.3 Å². The molecule has 1 aliphatic heterocycles. The smallest absolute Gasteiger partial charge is 0.123 e. The zero-order chi connectivity index (χ0) is 15.0. The molecule has 1 heterocycles. The van der Waals surface area contributed by atoms with E-state index in [9.17, 15) is 0 Å². The standard InChI is InChI=1S/C16H14Br2ClNO/c1-9-4-13(18)15(7-14(9)19)20-8-12-6-10-5-11(17)2-3-16(10)21-12/h2-5,7,12,20H,6,8H2,1H3. The third-order valence-corrected chi connectivity index (χ3v) is 5.09. The number of nitrogens with one attached hydrogen (secondary N) is 1. The van der Waals surface area contributed by atoms with E-state index in [1.165, 1.54) is 5.56 Å². The lowest BCUT2D eigenvalue weighted by atomic mass is 10.1. The Bertz CT molecular complexity index is 690. The molecule has 0 aromatic heterocycles. The van der Waals surface area contributed by atoms with Crippen LogP contribution in [0.4, 0.5) is 5.69 Å². The summed E-state index contributed by atoms with van der Waals surface area (Å²) in [6.45, 7) is 2.73. The molecule has 0 saturated heterocycles. The molecule has 110 valence electrons. The monoisotopic (exact) mass is 429 g/mol. The van der Waals surface area contributed by atoms with Crippen molar-refractivity contribution < 1.29 is 4.74 Å². The fourth-order valence-electron chi connectivity index (χ4n) is 2.41. The number of benzene rings is 2. The highest BCUT2D eigenvalue weighted by atomic mass is 79.9. The summed E-state index contributed by atoms with van der Waals surface area (Å²) >= 11 is 13.2.